The van der Waals surface area contributed by atoms with E-state index in [2.05, 4.69) is 4.72 Å². The molecule has 0 aromatic heterocycles. The molecule has 0 aliphatic heterocycles. The molecule has 0 fully saturated rings. The molecule has 6 nitrogen and oxygen atoms in total. The van der Waals surface area contributed by atoms with E-state index in [0.29, 0.717) is 18.2 Å². The van der Waals surface area contributed by atoms with E-state index in [-0.39, 0.29) is 23.7 Å². The van der Waals surface area contributed by atoms with Crippen LogP contribution in [0.15, 0.2) is 23.1 Å². The molecule has 0 aliphatic carbocycles. The number of halogens is 1. The largest absolute Gasteiger partial charge is 0.398 e. The summed E-state index contributed by atoms with van der Waals surface area (Å²) >= 11 is 5.72. The molecule has 0 bridgehead atoms. The minimum absolute atomic E-state index is 0.00814. The molecule has 1 aromatic rings. The molecule has 8 heteroatoms. The first-order valence-electron chi connectivity index (χ1n) is 5.59. The van der Waals surface area contributed by atoms with Crippen LogP contribution in [-0.2, 0) is 19.5 Å². The number of rotatable bonds is 8. The molecule has 0 radical (unpaired) electrons. The molecule has 0 spiro atoms. The maximum absolute atomic E-state index is 11.9. The molecular formula is C11H17ClN2O4S. The fraction of sp³-hybridized carbons (Fsp3) is 0.455. The van der Waals surface area contributed by atoms with Crippen molar-refractivity contribution < 1.29 is 17.9 Å². The predicted molar refractivity (Wildman–Crippen MR) is 73.7 cm³/mol. The van der Waals surface area contributed by atoms with Crippen molar-refractivity contribution in [2.45, 2.75) is 4.90 Å². The Balaban J connectivity index is 2.52. The van der Waals surface area contributed by atoms with Gasteiger partial charge in [0.25, 0.3) is 0 Å². The van der Waals surface area contributed by atoms with Gasteiger partial charge in [-0.25, -0.2) is 13.1 Å². The lowest BCUT2D eigenvalue weighted by atomic mass is 10.3. The molecule has 0 saturated carbocycles. The fourth-order valence-corrected chi connectivity index (χ4v) is 2.64. The Kier molecular flexibility index (Phi) is 6.53. The molecule has 1 aromatic carbocycles. The summed E-state index contributed by atoms with van der Waals surface area (Å²) in [6.45, 7) is 1.31. The van der Waals surface area contributed by atoms with Crippen LogP contribution >= 0.6 is 11.6 Å². The smallest absolute Gasteiger partial charge is 0.242 e. The number of nitrogen functional groups attached to an aromatic ring is 1. The van der Waals surface area contributed by atoms with Gasteiger partial charge in [0.1, 0.15) is 4.90 Å². The minimum Gasteiger partial charge on any atom is -0.398 e. The summed E-state index contributed by atoms with van der Waals surface area (Å²) in [6, 6.07) is 4.23. The van der Waals surface area contributed by atoms with Crippen LogP contribution in [0.1, 0.15) is 0 Å². The average molecular weight is 309 g/mol. The molecule has 1 rings (SSSR count). The van der Waals surface area contributed by atoms with E-state index in [1.165, 1.54) is 18.2 Å². The Hall–Kier alpha value is -0.860. The van der Waals surface area contributed by atoms with Gasteiger partial charge in [-0.3, -0.25) is 0 Å². The second-order valence-electron chi connectivity index (χ2n) is 3.69. The quantitative estimate of drug-likeness (QED) is 0.549. The van der Waals surface area contributed by atoms with Crippen LogP contribution in [0.2, 0.25) is 5.02 Å². The normalized spacial score (nSPS) is 11.7. The summed E-state index contributed by atoms with van der Waals surface area (Å²) in [7, 11) is -2.08. The van der Waals surface area contributed by atoms with E-state index >= 15 is 0 Å². The zero-order chi connectivity index (χ0) is 14.3. The molecule has 0 heterocycles. The Morgan fingerprint density at radius 3 is 2.68 bits per heavy atom. The van der Waals surface area contributed by atoms with Gasteiger partial charge in [-0.1, -0.05) is 11.6 Å². The molecule has 0 aliphatic rings. The van der Waals surface area contributed by atoms with E-state index < -0.39 is 10.0 Å². The summed E-state index contributed by atoms with van der Waals surface area (Å²) in [5, 5.41) is 0.388. The number of sulfonamides is 1. The summed E-state index contributed by atoms with van der Waals surface area (Å²) in [5.74, 6) is 0. The van der Waals surface area contributed by atoms with Crippen molar-refractivity contribution in [3.63, 3.8) is 0 Å². The van der Waals surface area contributed by atoms with Crippen LogP contribution in [-0.4, -0.2) is 41.9 Å². The standard InChI is InChI=1S/C11H17ClN2O4S/c1-17-6-7-18-5-4-14-19(15,16)11-3-2-9(12)8-10(11)13/h2-3,8,14H,4-7,13H2,1H3. The summed E-state index contributed by atoms with van der Waals surface area (Å²) in [6.07, 6.45) is 0. The molecule has 19 heavy (non-hydrogen) atoms. The van der Waals surface area contributed by atoms with Gasteiger partial charge in [0, 0.05) is 18.7 Å². The van der Waals surface area contributed by atoms with Gasteiger partial charge in [-0.05, 0) is 18.2 Å². The Morgan fingerprint density at radius 1 is 1.32 bits per heavy atom. The van der Waals surface area contributed by atoms with E-state index in [0.717, 1.165) is 0 Å². The highest BCUT2D eigenvalue weighted by molar-refractivity contribution is 7.89. The van der Waals surface area contributed by atoms with E-state index in [1.54, 1.807) is 7.11 Å². The topological polar surface area (TPSA) is 90.6 Å². The number of ether oxygens (including phenoxy) is 2. The molecule has 0 unspecified atom stereocenters. The third kappa shape index (κ3) is 5.33. The van der Waals surface area contributed by atoms with Crippen molar-refractivity contribution in [3.8, 4) is 0 Å². The van der Waals surface area contributed by atoms with Crippen LogP contribution in [0.5, 0.6) is 0 Å². The highest BCUT2D eigenvalue weighted by atomic mass is 35.5. The zero-order valence-corrected chi connectivity index (χ0v) is 12.1. The average Bonchev–Trinajstić information content (AvgIpc) is 2.33. The van der Waals surface area contributed by atoms with Gasteiger partial charge in [-0.2, -0.15) is 0 Å². The van der Waals surface area contributed by atoms with Gasteiger partial charge in [0.05, 0.1) is 25.5 Å². The maximum atomic E-state index is 11.9. The third-order valence-corrected chi connectivity index (χ3v) is 4.00. The van der Waals surface area contributed by atoms with Crippen molar-refractivity contribution in [2.24, 2.45) is 0 Å². The van der Waals surface area contributed by atoms with Crippen LogP contribution in [0.4, 0.5) is 5.69 Å². The Labute approximate surface area is 117 Å². The fourth-order valence-electron chi connectivity index (χ4n) is 1.33. The lowest BCUT2D eigenvalue weighted by molar-refractivity contribution is 0.0736. The van der Waals surface area contributed by atoms with Gasteiger partial charge < -0.3 is 15.2 Å². The SMILES string of the molecule is COCCOCCNS(=O)(=O)c1ccc(Cl)cc1N. The first-order chi connectivity index (χ1) is 8.97. The molecule has 0 saturated heterocycles. The first-order valence-corrected chi connectivity index (χ1v) is 7.45. The van der Waals surface area contributed by atoms with Crippen LogP contribution in [0.3, 0.4) is 0 Å². The number of anilines is 1. The van der Waals surface area contributed by atoms with Gasteiger partial charge in [-0.15, -0.1) is 0 Å². The van der Waals surface area contributed by atoms with Gasteiger partial charge >= 0.3 is 0 Å². The lowest BCUT2D eigenvalue weighted by Crippen LogP contribution is -2.28. The minimum atomic E-state index is -3.65. The highest BCUT2D eigenvalue weighted by Gasteiger charge is 2.16. The Morgan fingerprint density at radius 2 is 2.05 bits per heavy atom. The first kappa shape index (κ1) is 16.2. The number of nitrogens with one attached hydrogen (secondary N) is 1. The van der Waals surface area contributed by atoms with Crippen LogP contribution in [0, 0.1) is 0 Å². The number of nitrogens with two attached hydrogens (primary N) is 1. The van der Waals surface area contributed by atoms with E-state index in [9.17, 15) is 8.42 Å². The number of hydrogen-bond donors (Lipinski definition) is 2. The predicted octanol–water partition coefficient (Wildman–Crippen LogP) is 0.864. The van der Waals surface area contributed by atoms with E-state index in [4.69, 9.17) is 26.8 Å². The second kappa shape index (κ2) is 7.66. The highest BCUT2D eigenvalue weighted by Crippen LogP contribution is 2.21. The van der Waals surface area contributed by atoms with Crippen LogP contribution < -0.4 is 10.5 Å². The summed E-state index contributed by atoms with van der Waals surface area (Å²) in [5.41, 5.74) is 5.74. The molecule has 0 atom stereocenters. The second-order valence-corrected chi connectivity index (χ2v) is 5.86. The van der Waals surface area contributed by atoms with Crippen molar-refractivity contribution >= 4 is 27.3 Å². The lowest BCUT2D eigenvalue weighted by Gasteiger charge is -2.09. The molecule has 0 amide bonds. The van der Waals surface area contributed by atoms with Crippen molar-refractivity contribution in [1.29, 1.82) is 0 Å². The zero-order valence-electron chi connectivity index (χ0n) is 10.6. The van der Waals surface area contributed by atoms with Crippen LogP contribution in [0.25, 0.3) is 0 Å². The molecular weight excluding hydrogens is 292 g/mol. The van der Waals surface area contributed by atoms with Gasteiger partial charge in [0.2, 0.25) is 10.0 Å². The number of benzene rings is 1. The number of methoxy groups -OCH3 is 1. The Bertz CT molecular complexity index is 507. The van der Waals surface area contributed by atoms with E-state index in [1.807, 2.05) is 0 Å². The molecule has 3 N–H and O–H groups in total. The van der Waals surface area contributed by atoms with Gasteiger partial charge in [0.15, 0.2) is 0 Å². The van der Waals surface area contributed by atoms with Crippen molar-refractivity contribution in [3.05, 3.63) is 23.2 Å². The number of hydrogen-bond acceptors (Lipinski definition) is 5. The third-order valence-electron chi connectivity index (χ3n) is 2.23. The van der Waals surface area contributed by atoms with Crippen molar-refractivity contribution in [2.75, 3.05) is 39.2 Å². The summed E-state index contributed by atoms with van der Waals surface area (Å²) < 4.78 is 36.2. The monoisotopic (exact) mass is 308 g/mol. The maximum Gasteiger partial charge on any atom is 0.242 e. The van der Waals surface area contributed by atoms with Crippen molar-refractivity contribution in [1.82, 2.24) is 4.72 Å². The summed E-state index contributed by atoms with van der Waals surface area (Å²) in [4.78, 5) is 0.00814. The molecule has 108 valence electrons.